The fraction of sp³-hybridized carbons (Fsp3) is 0.143. The fourth-order valence-corrected chi connectivity index (χ4v) is 2.38. The summed E-state index contributed by atoms with van der Waals surface area (Å²) in [4.78, 5) is 8.08. The number of nitrogens with zero attached hydrogens (tertiary/aromatic N) is 4. The molecule has 0 atom stereocenters. The van der Waals surface area contributed by atoms with Crippen LogP contribution in [0.4, 0.5) is 5.69 Å². The van der Waals surface area contributed by atoms with Crippen molar-refractivity contribution in [3.8, 4) is 11.3 Å². The number of hydrogen-bond donors (Lipinski definition) is 1. The molecule has 0 saturated carbocycles. The smallest absolute Gasteiger partial charge is 0.181 e. The summed E-state index contributed by atoms with van der Waals surface area (Å²) in [6.07, 6.45) is 3.06. The average molecular weight is 300 g/mol. The minimum atomic E-state index is -0.0368. The van der Waals surface area contributed by atoms with Crippen molar-refractivity contribution in [1.82, 2.24) is 9.97 Å². The van der Waals surface area contributed by atoms with Crippen molar-refractivity contribution < 1.29 is 9.52 Å². The van der Waals surface area contributed by atoms with Crippen LogP contribution in [-0.2, 0) is 13.2 Å². The van der Waals surface area contributed by atoms with E-state index in [0.29, 0.717) is 11.6 Å². The minimum absolute atomic E-state index is 0.0368. The number of rotatable bonds is 5. The highest BCUT2D eigenvalue weighted by Gasteiger charge is 2.01. The summed E-state index contributed by atoms with van der Waals surface area (Å²) < 4.78 is 5.22. The summed E-state index contributed by atoms with van der Waals surface area (Å²) in [6, 6.07) is 7.53. The van der Waals surface area contributed by atoms with Crippen molar-refractivity contribution in [3.63, 3.8) is 0 Å². The number of aliphatic hydroxyl groups is 1. The number of aromatic nitrogens is 2. The molecule has 3 rings (SSSR count). The summed E-state index contributed by atoms with van der Waals surface area (Å²) in [5.74, 6) is 0.720. The molecule has 0 spiro atoms. The third kappa shape index (κ3) is 3.39. The van der Waals surface area contributed by atoms with Gasteiger partial charge in [-0.25, -0.2) is 9.97 Å². The van der Waals surface area contributed by atoms with Gasteiger partial charge in [-0.15, -0.1) is 11.3 Å². The zero-order valence-electron chi connectivity index (χ0n) is 11.0. The van der Waals surface area contributed by atoms with E-state index >= 15 is 0 Å². The van der Waals surface area contributed by atoms with Crippen molar-refractivity contribution >= 4 is 17.0 Å². The minimum Gasteiger partial charge on any atom is -0.444 e. The second-order valence-corrected chi connectivity index (χ2v) is 5.15. The van der Waals surface area contributed by atoms with E-state index in [1.54, 1.807) is 6.20 Å². The van der Waals surface area contributed by atoms with Gasteiger partial charge in [0.1, 0.15) is 11.6 Å². The molecule has 0 bridgehead atoms. The van der Waals surface area contributed by atoms with Gasteiger partial charge in [0.05, 0.1) is 24.2 Å². The number of thiazole rings is 1. The van der Waals surface area contributed by atoms with Gasteiger partial charge in [-0.1, -0.05) is 0 Å². The molecule has 1 aromatic carbocycles. The summed E-state index contributed by atoms with van der Waals surface area (Å²) >= 11 is 1.42. The highest BCUT2D eigenvalue weighted by Crippen LogP contribution is 2.22. The summed E-state index contributed by atoms with van der Waals surface area (Å²) in [7, 11) is 0. The molecule has 0 saturated heterocycles. The molecule has 0 radical (unpaired) electrons. The molecule has 106 valence electrons. The predicted octanol–water partition coefficient (Wildman–Crippen LogP) is 3.57. The third-order valence-corrected chi connectivity index (χ3v) is 3.62. The number of azo groups is 1. The van der Waals surface area contributed by atoms with Gasteiger partial charge < -0.3 is 9.52 Å². The van der Waals surface area contributed by atoms with Gasteiger partial charge >= 0.3 is 0 Å². The molecular formula is C14H12N4O2S. The maximum absolute atomic E-state index is 8.94. The van der Waals surface area contributed by atoms with Crippen molar-refractivity contribution in [1.29, 1.82) is 0 Å². The van der Waals surface area contributed by atoms with Crippen LogP contribution in [0.3, 0.4) is 0 Å². The zero-order chi connectivity index (χ0) is 14.5. The monoisotopic (exact) mass is 300 g/mol. The number of oxazole rings is 1. The van der Waals surface area contributed by atoms with Gasteiger partial charge in [0.25, 0.3) is 0 Å². The molecule has 7 heteroatoms. The molecule has 3 aromatic rings. The molecular weight excluding hydrogens is 288 g/mol. The number of benzene rings is 1. The first-order valence-electron chi connectivity index (χ1n) is 6.26. The predicted molar refractivity (Wildman–Crippen MR) is 78.2 cm³/mol. The lowest BCUT2D eigenvalue weighted by atomic mass is 10.2. The lowest BCUT2D eigenvalue weighted by molar-refractivity contribution is 0.281. The Hall–Kier alpha value is -2.38. The second-order valence-electron chi connectivity index (χ2n) is 4.20. The molecule has 21 heavy (non-hydrogen) atoms. The van der Waals surface area contributed by atoms with E-state index in [9.17, 15) is 0 Å². The first kappa shape index (κ1) is 13.6. The molecule has 2 aromatic heterocycles. The van der Waals surface area contributed by atoms with Gasteiger partial charge in [0.15, 0.2) is 12.2 Å². The maximum atomic E-state index is 8.94. The number of hydrogen-bond acceptors (Lipinski definition) is 7. The van der Waals surface area contributed by atoms with Gasteiger partial charge in [0, 0.05) is 10.9 Å². The highest BCUT2D eigenvalue weighted by molar-refractivity contribution is 7.09. The standard InChI is InChI=1S/C14H12N4O2S/c19-7-14-17-12(8-21-14)5-16-18-11-3-1-10(2-4-11)13-6-15-9-20-13/h1-4,6,8-9,19H,5,7H2. The Balaban J connectivity index is 1.63. The van der Waals surface area contributed by atoms with Crippen molar-refractivity contribution in [2.45, 2.75) is 13.2 Å². The zero-order valence-corrected chi connectivity index (χ0v) is 11.8. The van der Waals surface area contributed by atoms with Crippen molar-refractivity contribution in [2.75, 3.05) is 0 Å². The SMILES string of the molecule is OCc1nc(CN=Nc2ccc(-c3cnco3)cc2)cs1. The van der Waals surface area contributed by atoms with Crippen LogP contribution in [0.2, 0.25) is 0 Å². The van der Waals surface area contributed by atoms with Crippen LogP contribution >= 0.6 is 11.3 Å². The first-order chi connectivity index (χ1) is 10.3. The van der Waals surface area contributed by atoms with E-state index in [-0.39, 0.29) is 6.61 Å². The Labute approximate surface area is 124 Å². The summed E-state index contributed by atoms with van der Waals surface area (Å²) in [5.41, 5.74) is 2.51. The lowest BCUT2D eigenvalue weighted by Gasteiger charge is -1.96. The third-order valence-electron chi connectivity index (χ3n) is 2.74. The van der Waals surface area contributed by atoms with E-state index in [1.165, 1.54) is 17.7 Å². The molecule has 0 aliphatic heterocycles. The second kappa shape index (κ2) is 6.38. The van der Waals surface area contributed by atoms with E-state index in [4.69, 9.17) is 9.52 Å². The van der Waals surface area contributed by atoms with Crippen LogP contribution in [0.1, 0.15) is 10.7 Å². The van der Waals surface area contributed by atoms with Gasteiger partial charge in [-0.05, 0) is 24.3 Å². The largest absolute Gasteiger partial charge is 0.444 e. The van der Waals surface area contributed by atoms with Crippen LogP contribution in [0.5, 0.6) is 0 Å². The average Bonchev–Trinajstić information content (AvgIpc) is 3.19. The van der Waals surface area contributed by atoms with Gasteiger partial charge in [-0.3, -0.25) is 0 Å². The molecule has 0 amide bonds. The van der Waals surface area contributed by atoms with Crippen molar-refractivity contribution in [3.05, 3.63) is 52.9 Å². The van der Waals surface area contributed by atoms with Crippen LogP contribution in [0, 0.1) is 0 Å². The molecule has 2 heterocycles. The summed E-state index contributed by atoms with van der Waals surface area (Å²) in [6.45, 7) is 0.366. The van der Waals surface area contributed by atoms with Gasteiger partial charge in [0.2, 0.25) is 0 Å². The fourth-order valence-electron chi connectivity index (χ4n) is 1.73. The van der Waals surface area contributed by atoms with E-state index in [2.05, 4.69) is 20.2 Å². The maximum Gasteiger partial charge on any atom is 0.181 e. The molecule has 0 aliphatic carbocycles. The Morgan fingerprint density at radius 2 is 2.10 bits per heavy atom. The van der Waals surface area contributed by atoms with Crippen LogP contribution in [0.15, 0.2) is 56.9 Å². The first-order valence-corrected chi connectivity index (χ1v) is 7.13. The Kier molecular flexibility index (Phi) is 4.13. The molecule has 1 N–H and O–H groups in total. The molecule has 6 nitrogen and oxygen atoms in total. The van der Waals surface area contributed by atoms with Gasteiger partial charge in [-0.2, -0.15) is 10.2 Å². The molecule has 0 aliphatic rings. The van der Waals surface area contributed by atoms with E-state index in [0.717, 1.165) is 22.7 Å². The molecule has 0 fully saturated rings. The topological polar surface area (TPSA) is 83.9 Å². The van der Waals surface area contributed by atoms with Crippen LogP contribution in [-0.4, -0.2) is 15.1 Å². The van der Waals surface area contributed by atoms with Crippen LogP contribution < -0.4 is 0 Å². The lowest BCUT2D eigenvalue weighted by Crippen LogP contribution is -1.84. The van der Waals surface area contributed by atoms with E-state index in [1.807, 2.05) is 29.6 Å². The summed E-state index contributed by atoms with van der Waals surface area (Å²) in [5, 5.41) is 19.7. The van der Waals surface area contributed by atoms with E-state index < -0.39 is 0 Å². The number of aliphatic hydroxyl groups excluding tert-OH is 1. The normalized spacial score (nSPS) is 11.3. The Morgan fingerprint density at radius 3 is 2.76 bits per heavy atom. The Morgan fingerprint density at radius 1 is 1.24 bits per heavy atom. The highest BCUT2D eigenvalue weighted by atomic mass is 32.1. The Bertz CT molecular complexity index is 720. The molecule has 0 unspecified atom stereocenters. The quantitative estimate of drug-likeness (QED) is 0.730. The van der Waals surface area contributed by atoms with Crippen molar-refractivity contribution in [2.24, 2.45) is 10.2 Å². The van der Waals surface area contributed by atoms with Crippen LogP contribution in [0.25, 0.3) is 11.3 Å².